The molecule has 10 heteroatoms. The Morgan fingerprint density at radius 2 is 1.97 bits per heavy atom. The van der Waals surface area contributed by atoms with E-state index in [0.717, 1.165) is 5.69 Å². The maximum absolute atomic E-state index is 12.5. The first-order valence-electron chi connectivity index (χ1n) is 9.01. The van der Waals surface area contributed by atoms with Crippen LogP contribution in [0.3, 0.4) is 0 Å². The highest BCUT2D eigenvalue weighted by molar-refractivity contribution is 8.00. The van der Waals surface area contributed by atoms with Crippen LogP contribution in [0.5, 0.6) is 0 Å². The summed E-state index contributed by atoms with van der Waals surface area (Å²) in [6.45, 7) is 0.527. The van der Waals surface area contributed by atoms with Crippen LogP contribution in [0.25, 0.3) is 0 Å². The summed E-state index contributed by atoms with van der Waals surface area (Å²) in [7, 11) is 0. The molecule has 0 bridgehead atoms. The summed E-state index contributed by atoms with van der Waals surface area (Å²) in [5.41, 5.74) is 4.41. The van der Waals surface area contributed by atoms with Crippen molar-refractivity contribution >= 4 is 58.2 Å². The third kappa shape index (κ3) is 4.79. The van der Waals surface area contributed by atoms with Gasteiger partial charge in [-0.2, -0.15) is 0 Å². The number of rotatable bonds is 5. The van der Waals surface area contributed by atoms with Gasteiger partial charge in [0, 0.05) is 22.3 Å². The van der Waals surface area contributed by atoms with E-state index in [4.69, 9.17) is 23.2 Å². The molecule has 2 heterocycles. The number of carbonyl (C=O) groups excluding carboxylic acids is 2. The number of hydrazine groups is 1. The first kappa shape index (κ1) is 20.3. The molecule has 3 atom stereocenters. The summed E-state index contributed by atoms with van der Waals surface area (Å²) in [6, 6.07) is 14.4. The molecule has 4 rings (SSSR count). The van der Waals surface area contributed by atoms with Gasteiger partial charge in [-0.05, 0) is 42.5 Å². The van der Waals surface area contributed by atoms with Crippen molar-refractivity contribution in [2.45, 2.75) is 11.7 Å². The summed E-state index contributed by atoms with van der Waals surface area (Å²) in [5.74, 6) is -0.279. The van der Waals surface area contributed by atoms with E-state index in [2.05, 4.69) is 21.4 Å². The van der Waals surface area contributed by atoms with Crippen LogP contribution in [0.1, 0.15) is 0 Å². The molecule has 7 nitrogen and oxygen atoms in total. The molecule has 2 aliphatic heterocycles. The number of hydrogen-bond donors (Lipinski definition) is 4. The van der Waals surface area contributed by atoms with Gasteiger partial charge in [-0.15, -0.1) is 11.8 Å². The van der Waals surface area contributed by atoms with Crippen molar-refractivity contribution in [2.75, 3.05) is 22.6 Å². The fourth-order valence-electron chi connectivity index (χ4n) is 3.31. The molecular formula is C19H19Cl2N5O2S. The van der Waals surface area contributed by atoms with E-state index in [1.54, 1.807) is 36.4 Å². The molecule has 2 aromatic rings. The molecule has 2 fully saturated rings. The van der Waals surface area contributed by atoms with Gasteiger partial charge in [-0.1, -0.05) is 29.3 Å². The van der Waals surface area contributed by atoms with Crippen molar-refractivity contribution in [1.82, 2.24) is 16.1 Å². The van der Waals surface area contributed by atoms with Gasteiger partial charge in [0.15, 0.2) is 0 Å². The van der Waals surface area contributed by atoms with Crippen LogP contribution < -0.4 is 26.4 Å². The highest BCUT2D eigenvalue weighted by Crippen LogP contribution is 2.28. The van der Waals surface area contributed by atoms with E-state index in [-0.39, 0.29) is 35.1 Å². The number of carbonyl (C=O) groups is 2. The van der Waals surface area contributed by atoms with E-state index >= 15 is 0 Å². The van der Waals surface area contributed by atoms with Gasteiger partial charge in [0.05, 0.1) is 17.4 Å². The number of thioether (sulfide) groups is 1. The zero-order valence-corrected chi connectivity index (χ0v) is 17.5. The average molecular weight is 452 g/mol. The second-order valence-corrected chi connectivity index (χ2v) is 8.65. The molecule has 29 heavy (non-hydrogen) atoms. The second kappa shape index (κ2) is 8.81. The number of amides is 2. The highest BCUT2D eigenvalue weighted by atomic mass is 35.5. The smallest absolute Gasteiger partial charge is 0.234 e. The van der Waals surface area contributed by atoms with Gasteiger partial charge >= 0.3 is 0 Å². The van der Waals surface area contributed by atoms with Gasteiger partial charge in [-0.25, -0.2) is 5.43 Å². The van der Waals surface area contributed by atoms with Crippen LogP contribution in [0.15, 0.2) is 48.5 Å². The van der Waals surface area contributed by atoms with Crippen molar-refractivity contribution in [2.24, 2.45) is 5.92 Å². The minimum atomic E-state index is -0.386. The Morgan fingerprint density at radius 3 is 2.72 bits per heavy atom. The molecule has 4 N–H and O–H groups in total. The molecule has 152 valence electrons. The lowest BCUT2D eigenvalue weighted by molar-refractivity contribution is -0.127. The van der Waals surface area contributed by atoms with Crippen molar-refractivity contribution < 1.29 is 9.59 Å². The Labute approximate surface area is 182 Å². The average Bonchev–Trinajstić information content (AvgIpc) is 3.12. The number of halogens is 2. The quantitative estimate of drug-likeness (QED) is 0.558. The van der Waals surface area contributed by atoms with Gasteiger partial charge in [0.1, 0.15) is 11.7 Å². The van der Waals surface area contributed by atoms with Gasteiger partial charge in [0.2, 0.25) is 11.8 Å². The van der Waals surface area contributed by atoms with Crippen LogP contribution in [0, 0.1) is 5.92 Å². The zero-order valence-electron chi connectivity index (χ0n) is 15.2. The minimum Gasteiger partial charge on any atom is -0.331 e. The van der Waals surface area contributed by atoms with Crippen LogP contribution in [-0.4, -0.2) is 35.8 Å². The largest absolute Gasteiger partial charge is 0.331 e. The number of benzene rings is 2. The lowest BCUT2D eigenvalue weighted by atomic mass is 10.1. The lowest BCUT2D eigenvalue weighted by Crippen LogP contribution is -2.63. The molecular weight excluding hydrogens is 433 g/mol. The number of hydrogen-bond acceptors (Lipinski definition) is 6. The van der Waals surface area contributed by atoms with Crippen LogP contribution >= 0.6 is 35.0 Å². The van der Waals surface area contributed by atoms with Crippen LogP contribution in [0.2, 0.25) is 10.0 Å². The molecule has 0 saturated carbocycles. The maximum atomic E-state index is 12.5. The summed E-state index contributed by atoms with van der Waals surface area (Å²) >= 11 is 13.2. The molecule has 2 aromatic carbocycles. The number of fused-ring (bicyclic) bond motifs is 1. The monoisotopic (exact) mass is 451 g/mol. The summed E-state index contributed by atoms with van der Waals surface area (Å²) in [5, 5.41) is 12.3. The SMILES string of the molecule is O=C(CSC1NC(=O)C2CNN(c3ccc(Cl)cc3)C2N1)Nc1cccc(Cl)c1. The number of nitrogens with zero attached hydrogens (tertiary/aromatic N) is 1. The number of nitrogens with one attached hydrogen (secondary N) is 4. The van der Waals surface area contributed by atoms with Crippen molar-refractivity contribution in [3.8, 4) is 0 Å². The molecule has 0 aromatic heterocycles. The van der Waals surface area contributed by atoms with Crippen molar-refractivity contribution in [1.29, 1.82) is 0 Å². The second-order valence-electron chi connectivity index (χ2n) is 6.68. The summed E-state index contributed by atoms with van der Waals surface area (Å²) < 4.78 is 0. The Bertz CT molecular complexity index is 914. The Hall–Kier alpha value is -1.97. The molecule has 0 radical (unpaired) electrons. The van der Waals surface area contributed by atoms with E-state index in [9.17, 15) is 9.59 Å². The molecule has 2 saturated heterocycles. The van der Waals surface area contributed by atoms with Gasteiger partial charge < -0.3 is 10.6 Å². The topological polar surface area (TPSA) is 85.5 Å². The Kier molecular flexibility index (Phi) is 6.17. The zero-order chi connectivity index (χ0) is 20.4. The van der Waals surface area contributed by atoms with Crippen molar-refractivity contribution in [3.05, 3.63) is 58.6 Å². The fraction of sp³-hybridized carbons (Fsp3) is 0.263. The molecule has 0 spiro atoms. The highest BCUT2D eigenvalue weighted by Gasteiger charge is 2.44. The van der Waals surface area contributed by atoms with E-state index in [0.29, 0.717) is 22.3 Å². The molecule has 3 unspecified atom stereocenters. The normalized spacial score (nSPS) is 23.4. The predicted molar refractivity (Wildman–Crippen MR) is 117 cm³/mol. The lowest BCUT2D eigenvalue weighted by Gasteiger charge is -2.37. The third-order valence-electron chi connectivity index (χ3n) is 4.67. The van der Waals surface area contributed by atoms with E-state index in [1.807, 2.05) is 17.1 Å². The summed E-state index contributed by atoms with van der Waals surface area (Å²) in [6.07, 6.45) is -0.224. The van der Waals surface area contributed by atoms with E-state index < -0.39 is 0 Å². The standard InChI is InChI=1S/C19H19Cl2N5O2S/c20-11-4-6-14(7-5-11)26-17-15(9-22-26)18(28)25-19(24-17)29-10-16(27)23-13-3-1-2-12(21)8-13/h1-8,15,17,19,22,24H,9-10H2,(H,23,27)(H,25,28). The fourth-order valence-corrected chi connectivity index (χ4v) is 4.45. The van der Waals surface area contributed by atoms with Crippen LogP contribution in [0.4, 0.5) is 11.4 Å². The predicted octanol–water partition coefficient (Wildman–Crippen LogP) is 2.64. The summed E-state index contributed by atoms with van der Waals surface area (Å²) in [4.78, 5) is 24.8. The first-order chi connectivity index (χ1) is 14.0. The number of anilines is 2. The maximum Gasteiger partial charge on any atom is 0.234 e. The minimum absolute atomic E-state index is 0.0505. The van der Waals surface area contributed by atoms with Crippen molar-refractivity contribution in [3.63, 3.8) is 0 Å². The Morgan fingerprint density at radius 1 is 1.17 bits per heavy atom. The van der Waals surface area contributed by atoms with Gasteiger partial charge in [-0.3, -0.25) is 19.9 Å². The van der Waals surface area contributed by atoms with E-state index in [1.165, 1.54) is 11.8 Å². The first-order valence-corrected chi connectivity index (χ1v) is 10.8. The third-order valence-corrected chi connectivity index (χ3v) is 6.17. The molecule has 0 aliphatic carbocycles. The molecule has 2 amide bonds. The molecule has 2 aliphatic rings. The van der Waals surface area contributed by atoms with Crippen LogP contribution in [-0.2, 0) is 9.59 Å². The van der Waals surface area contributed by atoms with Gasteiger partial charge in [0.25, 0.3) is 0 Å². The Balaban J connectivity index is 1.36.